The molecule has 3 N–H and O–H groups in total. The van der Waals surface area contributed by atoms with Crippen molar-refractivity contribution in [3.05, 3.63) is 0 Å². The quantitative estimate of drug-likeness (QED) is 0.766. The van der Waals surface area contributed by atoms with Crippen LogP contribution in [0.1, 0.15) is 40.0 Å². The molecule has 0 radical (unpaired) electrons. The maximum Gasteiger partial charge on any atom is 0.222 e. The van der Waals surface area contributed by atoms with E-state index in [0.717, 1.165) is 32.2 Å². The zero-order valence-corrected chi connectivity index (χ0v) is 13.2. The van der Waals surface area contributed by atoms with E-state index in [9.17, 15) is 4.79 Å². The Morgan fingerprint density at radius 1 is 1.25 bits per heavy atom. The van der Waals surface area contributed by atoms with Gasteiger partial charge in [-0.25, -0.2) is 0 Å². The van der Waals surface area contributed by atoms with Crippen molar-refractivity contribution in [2.45, 2.75) is 57.7 Å². The molecule has 0 aromatic heterocycles. The van der Waals surface area contributed by atoms with Crippen molar-refractivity contribution < 1.29 is 4.79 Å². The zero-order valence-electron chi connectivity index (χ0n) is 13.2. The number of nitrogens with zero attached hydrogens (tertiary/aromatic N) is 2. The highest BCUT2D eigenvalue weighted by molar-refractivity contribution is 5.77. The van der Waals surface area contributed by atoms with Crippen molar-refractivity contribution in [2.75, 3.05) is 32.7 Å². The van der Waals surface area contributed by atoms with Crippen LogP contribution in [0.4, 0.5) is 0 Å². The zero-order chi connectivity index (χ0) is 14.8. The summed E-state index contributed by atoms with van der Waals surface area (Å²) < 4.78 is 0. The SMILES string of the molecule is CC(C)(C)NC(=O)CC(CN)N1CCN(C2CC2)CC1. The Morgan fingerprint density at radius 2 is 1.85 bits per heavy atom. The fourth-order valence-electron chi connectivity index (χ4n) is 2.95. The van der Waals surface area contributed by atoms with Crippen molar-refractivity contribution in [1.82, 2.24) is 15.1 Å². The molecule has 1 saturated heterocycles. The van der Waals surface area contributed by atoms with Gasteiger partial charge in [-0.3, -0.25) is 14.6 Å². The van der Waals surface area contributed by atoms with E-state index in [1.54, 1.807) is 0 Å². The molecule has 0 spiro atoms. The Morgan fingerprint density at radius 3 is 2.30 bits per heavy atom. The molecule has 2 aliphatic rings. The fourth-order valence-corrected chi connectivity index (χ4v) is 2.95. The van der Waals surface area contributed by atoms with Gasteiger partial charge >= 0.3 is 0 Å². The van der Waals surface area contributed by atoms with Crippen LogP contribution in [-0.2, 0) is 4.79 Å². The molecule has 1 amide bonds. The number of piperazine rings is 1. The van der Waals surface area contributed by atoms with E-state index in [2.05, 4.69) is 15.1 Å². The second kappa shape index (κ2) is 6.41. The maximum atomic E-state index is 12.0. The van der Waals surface area contributed by atoms with Crippen LogP contribution in [0.15, 0.2) is 0 Å². The van der Waals surface area contributed by atoms with Gasteiger partial charge in [0.05, 0.1) is 0 Å². The van der Waals surface area contributed by atoms with Gasteiger partial charge in [-0.05, 0) is 33.6 Å². The molecule has 0 bridgehead atoms. The largest absolute Gasteiger partial charge is 0.351 e. The average Bonchev–Trinajstić information content (AvgIpc) is 3.18. The molecule has 1 aliphatic heterocycles. The first kappa shape index (κ1) is 15.7. The number of hydrogen-bond acceptors (Lipinski definition) is 4. The summed E-state index contributed by atoms with van der Waals surface area (Å²) in [5, 5.41) is 3.03. The summed E-state index contributed by atoms with van der Waals surface area (Å²) in [6, 6.07) is 1.02. The minimum Gasteiger partial charge on any atom is -0.351 e. The standard InChI is InChI=1S/C15H30N4O/c1-15(2,3)17-14(20)10-13(11-16)19-8-6-18(7-9-19)12-4-5-12/h12-13H,4-11,16H2,1-3H3,(H,17,20). The lowest BCUT2D eigenvalue weighted by atomic mass is 10.1. The summed E-state index contributed by atoms with van der Waals surface area (Å²) in [4.78, 5) is 17.0. The number of nitrogens with two attached hydrogens (primary N) is 1. The average molecular weight is 282 g/mol. The van der Waals surface area contributed by atoms with Crippen molar-refractivity contribution in [1.29, 1.82) is 0 Å². The number of carbonyl (C=O) groups excluding carboxylic acids is 1. The highest BCUT2D eigenvalue weighted by Gasteiger charge is 2.33. The number of rotatable bonds is 5. The smallest absolute Gasteiger partial charge is 0.222 e. The second-order valence-electron chi connectivity index (χ2n) is 7.19. The predicted molar refractivity (Wildman–Crippen MR) is 81.5 cm³/mol. The van der Waals surface area contributed by atoms with Crippen LogP contribution in [0, 0.1) is 0 Å². The Balaban J connectivity index is 1.78. The molecule has 1 atom stereocenters. The van der Waals surface area contributed by atoms with Crippen molar-refractivity contribution in [3.8, 4) is 0 Å². The molecule has 20 heavy (non-hydrogen) atoms. The Bertz CT molecular complexity index is 327. The highest BCUT2D eigenvalue weighted by atomic mass is 16.1. The van der Waals surface area contributed by atoms with Crippen LogP contribution in [0.5, 0.6) is 0 Å². The van der Waals surface area contributed by atoms with E-state index in [1.807, 2.05) is 20.8 Å². The third-order valence-corrected chi connectivity index (χ3v) is 4.14. The van der Waals surface area contributed by atoms with Gasteiger partial charge in [-0.15, -0.1) is 0 Å². The first-order chi connectivity index (χ1) is 9.39. The molecule has 1 saturated carbocycles. The van der Waals surface area contributed by atoms with E-state index < -0.39 is 0 Å². The summed E-state index contributed by atoms with van der Waals surface area (Å²) in [6.07, 6.45) is 3.25. The molecule has 5 nitrogen and oxygen atoms in total. The molecule has 0 aromatic carbocycles. The van der Waals surface area contributed by atoms with Gasteiger partial charge < -0.3 is 11.1 Å². The molecule has 1 heterocycles. The summed E-state index contributed by atoms with van der Waals surface area (Å²) in [5.41, 5.74) is 5.72. The molecular weight excluding hydrogens is 252 g/mol. The highest BCUT2D eigenvalue weighted by Crippen LogP contribution is 2.27. The van der Waals surface area contributed by atoms with Gasteiger partial charge in [0.2, 0.25) is 5.91 Å². The van der Waals surface area contributed by atoms with Crippen LogP contribution >= 0.6 is 0 Å². The van der Waals surface area contributed by atoms with Crippen LogP contribution < -0.4 is 11.1 Å². The lowest BCUT2D eigenvalue weighted by molar-refractivity contribution is -0.123. The van der Waals surface area contributed by atoms with Crippen LogP contribution in [0.2, 0.25) is 0 Å². The minimum atomic E-state index is -0.166. The van der Waals surface area contributed by atoms with E-state index in [0.29, 0.717) is 13.0 Å². The van der Waals surface area contributed by atoms with Gasteiger partial charge in [0, 0.05) is 56.8 Å². The molecule has 116 valence electrons. The molecule has 1 unspecified atom stereocenters. The summed E-state index contributed by atoms with van der Waals surface area (Å²) in [5.74, 6) is 0.109. The summed E-state index contributed by atoms with van der Waals surface area (Å²) in [6.45, 7) is 10.9. The fraction of sp³-hybridized carbons (Fsp3) is 0.933. The van der Waals surface area contributed by atoms with E-state index >= 15 is 0 Å². The number of carbonyl (C=O) groups is 1. The third-order valence-electron chi connectivity index (χ3n) is 4.14. The first-order valence-electron chi connectivity index (χ1n) is 7.88. The lowest BCUT2D eigenvalue weighted by Crippen LogP contribution is -2.54. The minimum absolute atomic E-state index is 0.109. The van der Waals surface area contributed by atoms with E-state index in [4.69, 9.17) is 5.73 Å². The number of hydrogen-bond donors (Lipinski definition) is 2. The number of amides is 1. The lowest BCUT2D eigenvalue weighted by Gasteiger charge is -2.39. The Labute approximate surface area is 122 Å². The van der Waals surface area contributed by atoms with Gasteiger partial charge in [0.15, 0.2) is 0 Å². The molecule has 1 aliphatic carbocycles. The molecule has 2 rings (SSSR count). The van der Waals surface area contributed by atoms with Gasteiger partial charge in [0.25, 0.3) is 0 Å². The number of nitrogens with one attached hydrogen (secondary N) is 1. The Kier molecular flexibility index (Phi) is 5.04. The van der Waals surface area contributed by atoms with Crippen molar-refractivity contribution in [3.63, 3.8) is 0 Å². The molecule has 5 heteroatoms. The first-order valence-corrected chi connectivity index (χ1v) is 7.88. The monoisotopic (exact) mass is 282 g/mol. The summed E-state index contributed by atoms with van der Waals surface area (Å²) >= 11 is 0. The van der Waals surface area contributed by atoms with Gasteiger partial charge in [-0.2, -0.15) is 0 Å². The molecular formula is C15H30N4O. The van der Waals surface area contributed by atoms with Crippen molar-refractivity contribution in [2.24, 2.45) is 5.73 Å². The molecule has 2 fully saturated rings. The van der Waals surface area contributed by atoms with Crippen LogP contribution in [-0.4, -0.2) is 66.1 Å². The Hall–Kier alpha value is -0.650. The van der Waals surface area contributed by atoms with Crippen LogP contribution in [0.25, 0.3) is 0 Å². The summed E-state index contributed by atoms with van der Waals surface area (Å²) in [7, 11) is 0. The normalized spacial score (nSPS) is 23.6. The van der Waals surface area contributed by atoms with E-state index in [1.165, 1.54) is 12.8 Å². The topological polar surface area (TPSA) is 61.6 Å². The van der Waals surface area contributed by atoms with Crippen molar-refractivity contribution >= 4 is 5.91 Å². The van der Waals surface area contributed by atoms with Gasteiger partial charge in [0.1, 0.15) is 0 Å². The van der Waals surface area contributed by atoms with Crippen LogP contribution in [0.3, 0.4) is 0 Å². The van der Waals surface area contributed by atoms with Gasteiger partial charge in [-0.1, -0.05) is 0 Å². The second-order valence-corrected chi connectivity index (χ2v) is 7.19. The predicted octanol–water partition coefficient (Wildman–Crippen LogP) is 0.399. The molecule has 0 aromatic rings. The van der Waals surface area contributed by atoms with E-state index in [-0.39, 0.29) is 17.5 Å². The maximum absolute atomic E-state index is 12.0. The third kappa shape index (κ3) is 4.72.